The Kier molecular flexibility index (Phi) is 3.97. The number of hydrogen-bond donors (Lipinski definition) is 0. The molecule has 11 heteroatoms. The molecule has 0 bridgehead atoms. The van der Waals surface area contributed by atoms with Crippen LogP contribution in [0.2, 0.25) is 0 Å². The van der Waals surface area contributed by atoms with Crippen molar-refractivity contribution in [2.75, 3.05) is 0 Å². The zero-order chi connectivity index (χ0) is 19.8. The van der Waals surface area contributed by atoms with Crippen molar-refractivity contribution >= 4 is 5.65 Å². The first-order valence-corrected chi connectivity index (χ1v) is 8.75. The van der Waals surface area contributed by atoms with Crippen LogP contribution in [0.3, 0.4) is 0 Å². The van der Waals surface area contributed by atoms with Crippen molar-refractivity contribution in [3.05, 3.63) is 54.6 Å². The number of rotatable bonds is 5. The molecule has 0 N–H and O–H groups in total. The Hall–Kier alpha value is -4.15. The molecule has 0 aliphatic rings. The van der Waals surface area contributed by atoms with Crippen LogP contribution in [-0.2, 0) is 13.7 Å². The van der Waals surface area contributed by atoms with Crippen molar-refractivity contribution in [3.63, 3.8) is 0 Å². The van der Waals surface area contributed by atoms with E-state index in [2.05, 4.69) is 35.5 Å². The lowest BCUT2D eigenvalue weighted by atomic mass is 10.1. The maximum absolute atomic E-state index is 5.97. The standard InChI is InChI=1S/C18H15N9O2/c1-11-6-14(25-29-11)17-22-21-16-7-13(12-4-3-5-19-8-12)18(24-27(16)17)28-9-15-20-10-26(2)23-15/h3-8,10H,9H2,1-2H3. The molecular formula is C18H15N9O2. The van der Waals surface area contributed by atoms with Gasteiger partial charge in [0, 0.05) is 31.1 Å². The van der Waals surface area contributed by atoms with Crippen LogP contribution < -0.4 is 4.74 Å². The van der Waals surface area contributed by atoms with Gasteiger partial charge < -0.3 is 9.26 Å². The van der Waals surface area contributed by atoms with Gasteiger partial charge in [-0.25, -0.2) is 4.98 Å². The van der Waals surface area contributed by atoms with Crippen LogP contribution in [0.4, 0.5) is 0 Å². The van der Waals surface area contributed by atoms with E-state index in [4.69, 9.17) is 9.26 Å². The minimum atomic E-state index is 0.160. The normalized spacial score (nSPS) is 11.2. The number of hydrogen-bond acceptors (Lipinski definition) is 9. The van der Waals surface area contributed by atoms with Gasteiger partial charge in [0.1, 0.15) is 12.1 Å². The van der Waals surface area contributed by atoms with Crippen LogP contribution in [0, 0.1) is 6.92 Å². The fraction of sp³-hybridized carbons (Fsp3) is 0.167. The molecule has 0 saturated carbocycles. The van der Waals surface area contributed by atoms with Gasteiger partial charge in [-0.15, -0.1) is 15.3 Å². The summed E-state index contributed by atoms with van der Waals surface area (Å²) in [6.45, 7) is 1.97. The lowest BCUT2D eigenvalue weighted by molar-refractivity contribution is 0.281. The molecule has 5 heterocycles. The molecule has 144 valence electrons. The van der Waals surface area contributed by atoms with E-state index >= 15 is 0 Å². The summed E-state index contributed by atoms with van der Waals surface area (Å²) in [6.07, 6.45) is 5.05. The second-order valence-corrected chi connectivity index (χ2v) is 6.34. The van der Waals surface area contributed by atoms with E-state index in [1.54, 1.807) is 41.0 Å². The Labute approximate surface area is 164 Å². The maximum Gasteiger partial charge on any atom is 0.240 e. The van der Waals surface area contributed by atoms with E-state index in [1.807, 2.05) is 25.1 Å². The van der Waals surface area contributed by atoms with Gasteiger partial charge in [-0.2, -0.15) is 9.61 Å². The summed E-state index contributed by atoms with van der Waals surface area (Å²) in [7, 11) is 1.80. The molecule has 0 spiro atoms. The lowest BCUT2D eigenvalue weighted by Crippen LogP contribution is -2.05. The molecule has 29 heavy (non-hydrogen) atoms. The topological polar surface area (TPSA) is 122 Å². The van der Waals surface area contributed by atoms with Gasteiger partial charge in [-0.05, 0) is 19.1 Å². The molecule has 5 aromatic rings. The summed E-state index contributed by atoms with van der Waals surface area (Å²) < 4.78 is 14.3. The monoisotopic (exact) mass is 389 g/mol. The number of pyridine rings is 1. The average Bonchev–Trinajstić information content (AvgIpc) is 3.45. The highest BCUT2D eigenvalue weighted by atomic mass is 16.5. The molecule has 0 aliphatic carbocycles. The molecule has 5 aromatic heterocycles. The van der Waals surface area contributed by atoms with E-state index in [0.29, 0.717) is 34.6 Å². The molecule has 0 fully saturated rings. The third-order valence-electron chi connectivity index (χ3n) is 4.17. The van der Waals surface area contributed by atoms with Crippen molar-refractivity contribution in [1.82, 2.24) is 44.7 Å². The number of fused-ring (bicyclic) bond motifs is 1. The minimum absolute atomic E-state index is 0.160. The van der Waals surface area contributed by atoms with Gasteiger partial charge in [0.25, 0.3) is 0 Å². The van der Waals surface area contributed by atoms with Crippen LogP contribution in [0.15, 0.2) is 47.5 Å². The highest BCUT2D eigenvalue weighted by Crippen LogP contribution is 2.30. The van der Waals surface area contributed by atoms with Crippen molar-refractivity contribution < 1.29 is 9.26 Å². The summed E-state index contributed by atoms with van der Waals surface area (Å²) in [5.74, 6) is 2.04. The van der Waals surface area contributed by atoms with Gasteiger partial charge >= 0.3 is 0 Å². The fourth-order valence-electron chi connectivity index (χ4n) is 2.87. The van der Waals surface area contributed by atoms with Crippen LogP contribution in [0.25, 0.3) is 28.3 Å². The SMILES string of the molecule is Cc1cc(-c2nnc3cc(-c4cccnc4)c(OCc4ncn(C)n4)nn23)no1. The molecule has 0 aliphatic heterocycles. The molecule has 0 amide bonds. The molecule has 0 unspecified atom stereocenters. The second kappa shape index (κ2) is 6.78. The second-order valence-electron chi connectivity index (χ2n) is 6.34. The van der Waals surface area contributed by atoms with Gasteiger partial charge in [0.15, 0.2) is 23.8 Å². The molecule has 5 rings (SSSR count). The average molecular weight is 389 g/mol. The van der Waals surface area contributed by atoms with Gasteiger partial charge in [0.05, 0.1) is 5.56 Å². The number of nitrogens with zero attached hydrogens (tertiary/aromatic N) is 9. The van der Waals surface area contributed by atoms with Gasteiger partial charge in [-0.3, -0.25) is 9.67 Å². The summed E-state index contributed by atoms with van der Waals surface area (Å²) in [4.78, 5) is 8.37. The Morgan fingerprint density at radius 3 is 2.83 bits per heavy atom. The van der Waals surface area contributed by atoms with E-state index in [-0.39, 0.29) is 6.61 Å². The van der Waals surface area contributed by atoms with Crippen LogP contribution in [0.5, 0.6) is 5.88 Å². The lowest BCUT2D eigenvalue weighted by Gasteiger charge is -2.10. The molecule has 0 radical (unpaired) electrons. The predicted molar refractivity (Wildman–Crippen MR) is 99.6 cm³/mol. The maximum atomic E-state index is 5.97. The van der Waals surface area contributed by atoms with Crippen molar-refractivity contribution in [1.29, 1.82) is 0 Å². The molecule has 0 aromatic carbocycles. The summed E-state index contributed by atoms with van der Waals surface area (Å²) in [5.41, 5.74) is 2.65. The summed E-state index contributed by atoms with van der Waals surface area (Å²) in [6, 6.07) is 7.38. The molecule has 0 atom stereocenters. The molecule has 11 nitrogen and oxygen atoms in total. The first-order chi connectivity index (χ1) is 14.2. The van der Waals surface area contributed by atoms with Crippen molar-refractivity contribution in [2.45, 2.75) is 13.5 Å². The zero-order valence-electron chi connectivity index (χ0n) is 15.6. The summed E-state index contributed by atoms with van der Waals surface area (Å²) in [5, 5.41) is 21.3. The largest absolute Gasteiger partial charge is 0.468 e. The van der Waals surface area contributed by atoms with Gasteiger partial charge in [-0.1, -0.05) is 11.2 Å². The van der Waals surface area contributed by atoms with Crippen LogP contribution >= 0.6 is 0 Å². The van der Waals surface area contributed by atoms with Crippen LogP contribution in [-0.4, -0.2) is 44.7 Å². The quantitative estimate of drug-likeness (QED) is 0.443. The number of aryl methyl sites for hydroxylation is 2. The van der Waals surface area contributed by atoms with E-state index in [0.717, 1.165) is 11.1 Å². The first kappa shape index (κ1) is 17.0. The number of aromatic nitrogens is 9. The third kappa shape index (κ3) is 3.18. The predicted octanol–water partition coefficient (Wildman–Crippen LogP) is 1.86. The fourth-order valence-corrected chi connectivity index (χ4v) is 2.87. The Balaban J connectivity index is 1.61. The summed E-state index contributed by atoms with van der Waals surface area (Å²) >= 11 is 0. The highest BCUT2D eigenvalue weighted by Gasteiger charge is 2.18. The van der Waals surface area contributed by atoms with Crippen LogP contribution in [0.1, 0.15) is 11.6 Å². The minimum Gasteiger partial charge on any atom is -0.468 e. The Bertz CT molecular complexity index is 1290. The first-order valence-electron chi connectivity index (χ1n) is 8.75. The zero-order valence-corrected chi connectivity index (χ0v) is 15.6. The smallest absolute Gasteiger partial charge is 0.240 e. The van der Waals surface area contributed by atoms with Crippen molar-refractivity contribution in [3.8, 4) is 28.5 Å². The van der Waals surface area contributed by atoms with E-state index in [9.17, 15) is 0 Å². The Morgan fingerprint density at radius 1 is 1.17 bits per heavy atom. The number of ether oxygens (including phenoxy) is 1. The third-order valence-corrected chi connectivity index (χ3v) is 4.17. The van der Waals surface area contributed by atoms with Crippen molar-refractivity contribution in [2.24, 2.45) is 7.05 Å². The molecule has 0 saturated heterocycles. The highest BCUT2D eigenvalue weighted by molar-refractivity contribution is 5.72. The van der Waals surface area contributed by atoms with E-state index < -0.39 is 0 Å². The Morgan fingerprint density at radius 2 is 2.10 bits per heavy atom. The van der Waals surface area contributed by atoms with Gasteiger partial charge in [0.2, 0.25) is 11.7 Å². The van der Waals surface area contributed by atoms with E-state index in [1.165, 1.54) is 0 Å². The molecular weight excluding hydrogens is 374 g/mol.